The van der Waals surface area contributed by atoms with Crippen LogP contribution in [0.3, 0.4) is 0 Å². The smallest absolute Gasteiger partial charge is 0.333 e. The van der Waals surface area contributed by atoms with Gasteiger partial charge >= 0.3 is 11.9 Å². The lowest BCUT2D eigenvalue weighted by atomic mass is 9.93. The Kier molecular flexibility index (Phi) is 36.6. The maximum Gasteiger partial charge on any atom is 0.333 e. The molecule has 0 bridgehead atoms. The third-order valence-corrected chi connectivity index (χ3v) is 15.8. The van der Waals surface area contributed by atoms with E-state index >= 15 is 0 Å². The third-order valence-electron chi connectivity index (χ3n) is 14.7. The fraction of sp³-hybridized carbons (Fsp3) is 0.610. The largest absolute Gasteiger partial charge is 0.508 e. The number of nitrogens with two attached hydrogens (primary N) is 2. The number of amides is 13. The molecule has 39 heteroatoms. The van der Waals surface area contributed by atoms with E-state index in [1.165, 1.54) is 24.3 Å². The fourth-order valence-corrected chi connectivity index (χ4v) is 9.98. The third kappa shape index (κ3) is 32.7. The van der Waals surface area contributed by atoms with Crippen LogP contribution in [-0.4, -0.2) is 214 Å². The van der Waals surface area contributed by atoms with Gasteiger partial charge in [0.25, 0.3) is 21.9 Å². The Labute approximate surface area is 564 Å². The molecule has 0 radical (unpaired) electrons. The molecule has 2 rings (SSSR count). The van der Waals surface area contributed by atoms with Crippen molar-refractivity contribution in [2.24, 2.45) is 23.3 Å². The number of carboxylic acid groups (broad SMARTS) is 1. The maximum atomic E-state index is 14.3. The van der Waals surface area contributed by atoms with Crippen LogP contribution < -0.4 is 70.0 Å². The Morgan fingerprint density at radius 3 is 1.64 bits per heavy atom. The number of aliphatic hydroxyl groups excluding tert-OH is 1. The van der Waals surface area contributed by atoms with Crippen molar-refractivity contribution in [1.82, 2.24) is 63.5 Å². The molecule has 20 N–H and O–H groups in total. The first kappa shape index (κ1) is 84.2. The van der Waals surface area contributed by atoms with Gasteiger partial charge in [-0.1, -0.05) is 59.1 Å². The zero-order valence-electron chi connectivity index (χ0n) is 55.0. The Bertz CT molecular complexity index is 3150. The molecule has 13 amide bonds. The second-order valence-electron chi connectivity index (χ2n) is 23.5. The van der Waals surface area contributed by atoms with Gasteiger partial charge in [0.15, 0.2) is 17.0 Å². The number of primary amides is 1. The summed E-state index contributed by atoms with van der Waals surface area (Å²) in [6, 6.07) is -3.33. The van der Waals surface area contributed by atoms with Crippen LogP contribution in [0.2, 0.25) is 0 Å². The van der Waals surface area contributed by atoms with Crippen molar-refractivity contribution in [2.45, 2.75) is 185 Å². The van der Waals surface area contributed by atoms with Crippen LogP contribution in [0.1, 0.15) is 136 Å². The predicted molar refractivity (Wildman–Crippen MR) is 341 cm³/mol. The molecular formula is C59H91N15O23S. The molecule has 9 atom stereocenters. The molecule has 1 aromatic carbocycles. The van der Waals surface area contributed by atoms with Gasteiger partial charge in [0, 0.05) is 45.1 Å². The number of aliphatic carboxylic acids is 1. The van der Waals surface area contributed by atoms with E-state index in [-0.39, 0.29) is 93.4 Å². The highest BCUT2D eigenvalue weighted by Crippen LogP contribution is 2.21. The number of ketones is 1. The molecular weight excluding hydrogens is 1320 g/mol. The number of guanidine groups is 1. The molecule has 1 saturated heterocycles. The molecule has 1 heterocycles. The fourth-order valence-electron chi connectivity index (χ4n) is 9.27. The minimum Gasteiger partial charge on any atom is -0.508 e. The molecule has 0 saturated carbocycles. The molecule has 38 nitrogen and oxygen atoms in total. The summed E-state index contributed by atoms with van der Waals surface area (Å²) in [5, 5.41) is 61.6. The lowest BCUT2D eigenvalue weighted by molar-refractivity contribution is -0.197. The van der Waals surface area contributed by atoms with Crippen LogP contribution in [0.25, 0.3) is 0 Å². The van der Waals surface area contributed by atoms with E-state index in [2.05, 4.69) is 63.3 Å². The number of phenolic OH excluding ortho intramolecular Hbond substituents is 1. The van der Waals surface area contributed by atoms with Crippen molar-refractivity contribution < 1.29 is 110 Å². The Morgan fingerprint density at radius 2 is 1.11 bits per heavy atom. The van der Waals surface area contributed by atoms with Crippen LogP contribution in [0, 0.1) is 17.2 Å². The highest BCUT2D eigenvalue weighted by Gasteiger charge is 2.48. The zero-order chi connectivity index (χ0) is 74.0. The van der Waals surface area contributed by atoms with Crippen molar-refractivity contribution in [1.29, 1.82) is 5.41 Å². The number of imide groups is 1. The topological polar surface area (TPSA) is 609 Å². The van der Waals surface area contributed by atoms with E-state index in [4.69, 9.17) is 21.4 Å². The van der Waals surface area contributed by atoms with Gasteiger partial charge in [-0.05, 0) is 75.0 Å². The van der Waals surface area contributed by atoms with Crippen molar-refractivity contribution in [3.05, 3.63) is 29.8 Å². The number of carbonyl (C=O) groups excluding carboxylic acids is 15. The standard InChI is InChI=1S/C59H91N15O23S/c1-6-32(4)51(40(77)20-21-42(60)78)72-47(83)30-65-53(88)37(19-22-49(85)86)68-44(80)28-66-54(89)38(24-31(2)3)71-55(90)36(12-11-23-63-59(61)62)70-56(91)39(25-34-15-17-35(76)18-16-34)69-45(81)29-67-57(92)52(33(5)75)73-46(82)27-64-43(79)13-9-7-8-10-14-50(87)97-74-48(84)26-41(58(74)93)98(94,95)96/h15-18,31-33,36-39,41,51-52,75-76H,6-14,19-30H2,1-5H3,(H2,60,78)(H,64,79)(H,65,88)(H,66,89)(H,67,92)(H,68,80)(H,69,81)(H,70,91)(H,71,90)(H,72,83)(H,73,82)(H,85,86)(H4,61,62,63)(H,94,95,96)/t32-,33+,36-,37-,38-,39-,41?,51?,52?/m0/s1. The summed E-state index contributed by atoms with van der Waals surface area (Å²) in [7, 11) is -4.91. The first-order chi connectivity index (χ1) is 45.9. The summed E-state index contributed by atoms with van der Waals surface area (Å²) in [4.78, 5) is 210. The van der Waals surface area contributed by atoms with Crippen molar-refractivity contribution in [2.75, 3.05) is 32.7 Å². The Balaban J connectivity index is 2.14. The van der Waals surface area contributed by atoms with E-state index in [0.717, 1.165) is 6.92 Å². The van der Waals surface area contributed by atoms with Crippen molar-refractivity contribution in [3.63, 3.8) is 0 Å². The summed E-state index contributed by atoms with van der Waals surface area (Å²) in [5.74, 6) is -16.7. The number of nitrogens with one attached hydrogen (secondary N) is 12. The average molecular weight is 1410 g/mol. The first-order valence-electron chi connectivity index (χ1n) is 31.4. The number of nitrogens with zero attached hydrogens (tertiary/aromatic N) is 1. The van der Waals surface area contributed by atoms with E-state index in [1.54, 1.807) is 27.7 Å². The SMILES string of the molecule is CC[C@H](C)C(NC(=O)CNC(=O)[C@H](CCC(=O)O)NC(=O)CNC(=O)[C@H](CC(C)C)NC(=O)[C@H](CCCNC(=N)N)NC(=O)[C@H](Cc1ccc(O)cc1)NC(=O)CNC(=O)C(NC(=O)CNC(=O)CCCCCCC(=O)ON1C(=O)CC(S(=O)(=O)O)C1=O)[C@@H](C)O)C(=O)CCC(N)=O. The van der Waals surface area contributed by atoms with Crippen LogP contribution >= 0.6 is 0 Å². The number of carboxylic acids is 1. The van der Waals surface area contributed by atoms with E-state index < -0.39 is 204 Å². The first-order valence-corrected chi connectivity index (χ1v) is 32.9. The Morgan fingerprint density at radius 1 is 0.602 bits per heavy atom. The number of hydroxylamine groups is 2. The van der Waals surface area contributed by atoms with Gasteiger partial charge in [0.2, 0.25) is 65.0 Å². The quantitative estimate of drug-likeness (QED) is 0.00952. The number of hydrogen-bond donors (Lipinski definition) is 18. The molecule has 98 heavy (non-hydrogen) atoms. The molecule has 1 aromatic rings. The van der Waals surface area contributed by atoms with Gasteiger partial charge in [0.1, 0.15) is 36.0 Å². The predicted octanol–water partition coefficient (Wildman–Crippen LogP) is -5.44. The summed E-state index contributed by atoms with van der Waals surface area (Å²) >= 11 is 0. The normalized spacial score (nSPS) is 15.2. The molecule has 0 spiro atoms. The number of unbranched alkanes of at least 4 members (excludes halogenated alkanes) is 3. The van der Waals surface area contributed by atoms with Crippen LogP contribution in [0.4, 0.5) is 0 Å². The number of phenols is 1. The number of Topliss-reactive ketones (excluding diaryl/α,β-unsaturated/α-hetero) is 1. The molecule has 546 valence electrons. The second kappa shape index (κ2) is 42.6. The van der Waals surface area contributed by atoms with Gasteiger partial charge in [0.05, 0.1) is 44.7 Å². The van der Waals surface area contributed by atoms with Gasteiger partial charge in [-0.3, -0.25) is 81.9 Å². The van der Waals surface area contributed by atoms with Crippen molar-refractivity contribution >= 4 is 111 Å². The summed E-state index contributed by atoms with van der Waals surface area (Å²) < 4.78 is 31.7. The molecule has 0 aliphatic carbocycles. The zero-order valence-corrected chi connectivity index (χ0v) is 55.8. The van der Waals surface area contributed by atoms with E-state index in [0.29, 0.717) is 24.8 Å². The molecule has 0 aromatic heterocycles. The monoisotopic (exact) mass is 1410 g/mol. The number of benzene rings is 1. The number of carbonyl (C=O) groups is 16. The molecule has 1 aliphatic rings. The number of aliphatic hydroxyl groups is 1. The van der Waals surface area contributed by atoms with Gasteiger partial charge in [-0.25, -0.2) is 4.79 Å². The second-order valence-corrected chi connectivity index (χ2v) is 25.1. The lowest BCUT2D eigenvalue weighted by Crippen LogP contribution is -2.59. The van der Waals surface area contributed by atoms with Gasteiger partial charge in [-0.15, -0.1) is 5.06 Å². The number of aromatic hydroxyl groups is 1. The van der Waals surface area contributed by atoms with E-state index in [1.807, 2.05) is 0 Å². The highest BCUT2D eigenvalue weighted by molar-refractivity contribution is 7.87. The highest BCUT2D eigenvalue weighted by atomic mass is 32.2. The van der Waals surface area contributed by atoms with E-state index in [9.17, 15) is 100 Å². The number of rotatable bonds is 46. The molecule has 3 unspecified atom stereocenters. The summed E-state index contributed by atoms with van der Waals surface area (Å²) in [5.41, 5.74) is 11.0. The van der Waals surface area contributed by atoms with Gasteiger partial charge < -0.3 is 90.1 Å². The van der Waals surface area contributed by atoms with Crippen LogP contribution in [0.15, 0.2) is 24.3 Å². The Hall–Kier alpha value is -9.92. The van der Waals surface area contributed by atoms with Crippen LogP contribution in [-0.2, 0) is 98.1 Å². The summed E-state index contributed by atoms with van der Waals surface area (Å²) in [6.07, 6.45) is -3.33. The lowest BCUT2D eigenvalue weighted by Gasteiger charge is -2.26. The molecule has 1 fully saturated rings. The number of hydrogen-bond acceptors (Lipinski definition) is 22. The van der Waals surface area contributed by atoms with Crippen molar-refractivity contribution in [3.8, 4) is 5.75 Å². The minimum absolute atomic E-state index is 0.00876. The summed E-state index contributed by atoms with van der Waals surface area (Å²) in [6.45, 7) is 4.92. The molecule has 1 aliphatic heterocycles. The average Bonchev–Trinajstić information content (AvgIpc) is 1.63. The van der Waals surface area contributed by atoms with Crippen LogP contribution in [0.5, 0.6) is 5.75 Å². The van der Waals surface area contributed by atoms with Gasteiger partial charge in [-0.2, -0.15) is 8.42 Å². The minimum atomic E-state index is -4.91. The maximum absolute atomic E-state index is 14.3.